The first-order chi connectivity index (χ1) is 12.1. The molecule has 1 atom stereocenters. The van der Waals surface area contributed by atoms with E-state index in [2.05, 4.69) is 10.00 Å². The van der Waals surface area contributed by atoms with E-state index in [0.29, 0.717) is 24.7 Å². The van der Waals surface area contributed by atoms with Crippen molar-refractivity contribution in [3.8, 4) is 0 Å². The largest absolute Gasteiger partial charge is 0.381 e. The Morgan fingerprint density at radius 3 is 2.80 bits per heavy atom. The van der Waals surface area contributed by atoms with E-state index in [1.165, 1.54) is 0 Å². The SMILES string of the molecule is Cn1cc(C(=O)N2CCC3(CCCN(C4CCOCC4)C3=O)C2)cn1. The molecule has 0 radical (unpaired) electrons. The minimum Gasteiger partial charge on any atom is -0.381 e. The van der Waals surface area contributed by atoms with Crippen molar-refractivity contribution in [2.45, 2.75) is 38.1 Å². The van der Waals surface area contributed by atoms with Gasteiger partial charge in [0.2, 0.25) is 5.91 Å². The van der Waals surface area contributed by atoms with Crippen LogP contribution in [0.5, 0.6) is 0 Å². The molecule has 0 N–H and O–H groups in total. The monoisotopic (exact) mass is 346 g/mol. The quantitative estimate of drug-likeness (QED) is 0.803. The zero-order chi connectivity index (χ0) is 17.4. The summed E-state index contributed by atoms with van der Waals surface area (Å²) in [5.41, 5.74) is 0.220. The third-order valence-electron chi connectivity index (χ3n) is 5.99. The lowest BCUT2D eigenvalue weighted by molar-refractivity contribution is -0.150. The van der Waals surface area contributed by atoms with E-state index < -0.39 is 0 Å². The minimum atomic E-state index is -0.381. The molecule has 3 aliphatic heterocycles. The van der Waals surface area contributed by atoms with Gasteiger partial charge in [-0.05, 0) is 32.1 Å². The van der Waals surface area contributed by atoms with E-state index in [9.17, 15) is 9.59 Å². The number of ether oxygens (including phenoxy) is 1. The lowest BCUT2D eigenvalue weighted by Crippen LogP contribution is -2.55. The van der Waals surface area contributed by atoms with Crippen molar-refractivity contribution in [2.75, 3.05) is 32.8 Å². The molecule has 1 spiro atoms. The predicted octanol–water partition coefficient (Wildman–Crippen LogP) is 1.05. The summed E-state index contributed by atoms with van der Waals surface area (Å²) in [7, 11) is 1.80. The molecule has 3 fully saturated rings. The highest BCUT2D eigenvalue weighted by atomic mass is 16.5. The van der Waals surface area contributed by atoms with Gasteiger partial charge in [-0.15, -0.1) is 0 Å². The fourth-order valence-corrected chi connectivity index (χ4v) is 4.58. The lowest BCUT2D eigenvalue weighted by atomic mass is 9.77. The minimum absolute atomic E-state index is 0.0130. The van der Waals surface area contributed by atoms with Gasteiger partial charge in [-0.2, -0.15) is 5.10 Å². The summed E-state index contributed by atoms with van der Waals surface area (Å²) < 4.78 is 7.08. The smallest absolute Gasteiger partial charge is 0.257 e. The van der Waals surface area contributed by atoms with E-state index in [0.717, 1.165) is 51.9 Å². The highest BCUT2D eigenvalue weighted by molar-refractivity contribution is 5.95. The van der Waals surface area contributed by atoms with Crippen molar-refractivity contribution in [1.29, 1.82) is 0 Å². The van der Waals surface area contributed by atoms with Crippen molar-refractivity contribution in [3.63, 3.8) is 0 Å². The molecule has 3 aliphatic rings. The first-order valence-electron chi connectivity index (χ1n) is 9.26. The summed E-state index contributed by atoms with van der Waals surface area (Å²) >= 11 is 0. The number of nitrogens with zero attached hydrogens (tertiary/aromatic N) is 4. The van der Waals surface area contributed by atoms with Gasteiger partial charge in [0.25, 0.3) is 5.91 Å². The van der Waals surface area contributed by atoms with Crippen molar-refractivity contribution in [1.82, 2.24) is 19.6 Å². The summed E-state index contributed by atoms with van der Waals surface area (Å²) in [6, 6.07) is 0.307. The number of rotatable bonds is 2. The van der Waals surface area contributed by atoms with Crippen LogP contribution < -0.4 is 0 Å². The van der Waals surface area contributed by atoms with Gasteiger partial charge in [0.1, 0.15) is 0 Å². The number of aromatic nitrogens is 2. The molecule has 25 heavy (non-hydrogen) atoms. The van der Waals surface area contributed by atoms with E-state index in [-0.39, 0.29) is 17.2 Å². The molecular weight excluding hydrogens is 320 g/mol. The van der Waals surface area contributed by atoms with E-state index in [1.807, 2.05) is 4.90 Å². The maximum absolute atomic E-state index is 13.3. The van der Waals surface area contributed by atoms with Gasteiger partial charge in [-0.25, -0.2) is 0 Å². The van der Waals surface area contributed by atoms with Gasteiger partial charge in [-0.3, -0.25) is 14.3 Å². The Morgan fingerprint density at radius 1 is 1.28 bits per heavy atom. The van der Waals surface area contributed by atoms with Gasteiger partial charge < -0.3 is 14.5 Å². The van der Waals surface area contributed by atoms with Crippen LogP contribution in [-0.2, 0) is 16.6 Å². The number of hydrogen-bond donors (Lipinski definition) is 0. The third kappa shape index (κ3) is 2.94. The van der Waals surface area contributed by atoms with Crippen LogP contribution in [0, 0.1) is 5.41 Å². The molecule has 0 aliphatic carbocycles. The van der Waals surface area contributed by atoms with Gasteiger partial charge in [0, 0.05) is 52.1 Å². The summed E-state index contributed by atoms with van der Waals surface area (Å²) in [4.78, 5) is 29.9. The zero-order valence-electron chi connectivity index (χ0n) is 14.8. The summed E-state index contributed by atoms with van der Waals surface area (Å²) in [6.07, 6.45) is 7.90. The van der Waals surface area contributed by atoms with E-state index >= 15 is 0 Å². The molecule has 0 bridgehead atoms. The average molecular weight is 346 g/mol. The van der Waals surface area contributed by atoms with Crippen LogP contribution in [0.25, 0.3) is 0 Å². The average Bonchev–Trinajstić information content (AvgIpc) is 3.25. The van der Waals surface area contributed by atoms with Crippen LogP contribution in [0.15, 0.2) is 12.4 Å². The summed E-state index contributed by atoms with van der Waals surface area (Å²) in [6.45, 7) is 3.53. The maximum atomic E-state index is 13.3. The second-order valence-corrected chi connectivity index (χ2v) is 7.61. The molecule has 4 heterocycles. The number of carbonyl (C=O) groups is 2. The molecule has 0 aromatic carbocycles. The number of hydrogen-bond acceptors (Lipinski definition) is 4. The third-order valence-corrected chi connectivity index (χ3v) is 5.99. The van der Waals surface area contributed by atoms with Crippen molar-refractivity contribution < 1.29 is 14.3 Å². The molecule has 7 heteroatoms. The second-order valence-electron chi connectivity index (χ2n) is 7.61. The van der Waals surface area contributed by atoms with Crippen LogP contribution in [0.1, 0.15) is 42.5 Å². The molecule has 2 amide bonds. The Balaban J connectivity index is 1.48. The molecule has 4 rings (SSSR count). The molecule has 1 aromatic heterocycles. The molecule has 136 valence electrons. The standard InChI is InChI=1S/C18H26N4O3/c1-20-12-14(11-19-20)16(23)21-8-6-18(13-21)5-2-7-22(17(18)24)15-3-9-25-10-4-15/h11-12,15H,2-10,13H2,1H3. The summed E-state index contributed by atoms with van der Waals surface area (Å²) in [5, 5.41) is 4.08. The number of likely N-dealkylation sites (tertiary alicyclic amines) is 2. The molecule has 1 unspecified atom stereocenters. The van der Waals surface area contributed by atoms with Gasteiger partial charge >= 0.3 is 0 Å². The number of carbonyl (C=O) groups excluding carboxylic acids is 2. The van der Waals surface area contributed by atoms with Crippen LogP contribution in [0.2, 0.25) is 0 Å². The van der Waals surface area contributed by atoms with Crippen LogP contribution in [0.3, 0.4) is 0 Å². The Labute approximate surface area is 147 Å². The predicted molar refractivity (Wildman–Crippen MR) is 90.9 cm³/mol. The normalized spacial score (nSPS) is 28.1. The fourth-order valence-electron chi connectivity index (χ4n) is 4.58. The lowest BCUT2D eigenvalue weighted by Gasteiger charge is -2.44. The Bertz CT molecular complexity index is 667. The number of piperidine rings is 1. The molecule has 1 aromatic rings. The van der Waals surface area contributed by atoms with E-state index in [4.69, 9.17) is 4.74 Å². The first-order valence-corrected chi connectivity index (χ1v) is 9.26. The van der Waals surface area contributed by atoms with E-state index in [1.54, 1.807) is 24.1 Å². The van der Waals surface area contributed by atoms with Gasteiger partial charge in [-0.1, -0.05) is 0 Å². The van der Waals surface area contributed by atoms with Crippen LogP contribution in [-0.4, -0.2) is 70.3 Å². The fraction of sp³-hybridized carbons (Fsp3) is 0.722. The van der Waals surface area contributed by atoms with Crippen LogP contribution >= 0.6 is 0 Å². The van der Waals surface area contributed by atoms with Crippen LogP contribution in [0.4, 0.5) is 0 Å². The first kappa shape index (κ1) is 16.6. The Kier molecular flexibility index (Phi) is 4.27. The van der Waals surface area contributed by atoms with Gasteiger partial charge in [0.15, 0.2) is 0 Å². The Hall–Kier alpha value is -1.89. The highest BCUT2D eigenvalue weighted by Crippen LogP contribution is 2.41. The van der Waals surface area contributed by atoms with Crippen molar-refractivity contribution in [2.24, 2.45) is 12.5 Å². The highest BCUT2D eigenvalue weighted by Gasteiger charge is 2.50. The van der Waals surface area contributed by atoms with Crippen molar-refractivity contribution >= 4 is 11.8 Å². The maximum Gasteiger partial charge on any atom is 0.257 e. The van der Waals surface area contributed by atoms with Crippen molar-refractivity contribution in [3.05, 3.63) is 18.0 Å². The Morgan fingerprint density at radius 2 is 2.08 bits per heavy atom. The topological polar surface area (TPSA) is 67.7 Å². The molecule has 7 nitrogen and oxygen atoms in total. The molecular formula is C18H26N4O3. The molecule has 0 saturated carbocycles. The number of amides is 2. The number of aryl methyl sites for hydroxylation is 1. The summed E-state index contributed by atoms with van der Waals surface area (Å²) in [5.74, 6) is 0.244. The van der Waals surface area contributed by atoms with Gasteiger partial charge in [0.05, 0.1) is 17.2 Å². The zero-order valence-corrected chi connectivity index (χ0v) is 14.8. The second kappa shape index (κ2) is 6.44. The molecule has 3 saturated heterocycles.